The van der Waals surface area contributed by atoms with Gasteiger partial charge in [-0.25, -0.2) is 8.42 Å². The van der Waals surface area contributed by atoms with Gasteiger partial charge in [-0.2, -0.15) is 0 Å². The lowest BCUT2D eigenvalue weighted by atomic mass is 9.95. The van der Waals surface area contributed by atoms with Crippen LogP contribution < -0.4 is 9.62 Å². The fraction of sp³-hybridized carbons (Fsp3) is 0.462. The van der Waals surface area contributed by atoms with Gasteiger partial charge in [0, 0.05) is 16.2 Å². The minimum atomic E-state index is -3.71. The third-order valence-electron chi connectivity index (χ3n) is 6.40. The number of carbonyl (C=O) groups excluding carboxylic acids is 2. The van der Waals surface area contributed by atoms with Crippen LogP contribution in [0.5, 0.6) is 0 Å². The molecule has 0 heterocycles. The first kappa shape index (κ1) is 27.4. The molecular formula is C26H34IN3O4S. The highest BCUT2D eigenvalue weighted by Crippen LogP contribution is 2.21. The molecule has 7 nitrogen and oxygen atoms in total. The van der Waals surface area contributed by atoms with Crippen LogP contribution >= 0.6 is 22.6 Å². The van der Waals surface area contributed by atoms with Crippen LogP contribution in [0.25, 0.3) is 0 Å². The van der Waals surface area contributed by atoms with Crippen LogP contribution in [-0.4, -0.2) is 56.6 Å². The zero-order valence-corrected chi connectivity index (χ0v) is 23.3. The SMILES string of the molecule is C[C@@H](C(=O)NC1CCCCC1)N(CCc1ccccc1)C(=O)CN(c1ccc(I)cc1)S(C)(=O)=O. The molecule has 2 amide bonds. The van der Waals surface area contributed by atoms with Gasteiger partial charge in [0.15, 0.2) is 0 Å². The van der Waals surface area contributed by atoms with E-state index in [9.17, 15) is 18.0 Å². The van der Waals surface area contributed by atoms with E-state index in [1.54, 1.807) is 31.2 Å². The molecule has 2 aromatic carbocycles. The largest absolute Gasteiger partial charge is 0.352 e. The molecule has 0 bridgehead atoms. The van der Waals surface area contributed by atoms with Crippen molar-refractivity contribution in [2.24, 2.45) is 0 Å². The van der Waals surface area contributed by atoms with Crippen LogP contribution in [0.15, 0.2) is 54.6 Å². The predicted octanol–water partition coefficient (Wildman–Crippen LogP) is 3.97. The van der Waals surface area contributed by atoms with Crippen molar-refractivity contribution in [3.05, 3.63) is 63.7 Å². The summed E-state index contributed by atoms with van der Waals surface area (Å²) in [4.78, 5) is 28.2. The van der Waals surface area contributed by atoms with Crippen molar-refractivity contribution in [2.75, 3.05) is 23.7 Å². The van der Waals surface area contributed by atoms with Crippen LogP contribution in [0.2, 0.25) is 0 Å². The maximum atomic E-state index is 13.5. The van der Waals surface area contributed by atoms with Crippen molar-refractivity contribution >= 4 is 50.1 Å². The second-order valence-electron chi connectivity index (χ2n) is 9.09. The number of hydrogen-bond donors (Lipinski definition) is 1. The first-order valence-electron chi connectivity index (χ1n) is 12.0. The number of nitrogens with one attached hydrogen (secondary N) is 1. The van der Waals surface area contributed by atoms with Crippen molar-refractivity contribution in [3.63, 3.8) is 0 Å². The Morgan fingerprint density at radius 2 is 1.66 bits per heavy atom. The lowest BCUT2D eigenvalue weighted by molar-refractivity contribution is -0.139. The Balaban J connectivity index is 1.80. The zero-order chi connectivity index (χ0) is 25.4. The Kier molecular flexibility index (Phi) is 9.97. The van der Waals surface area contributed by atoms with Gasteiger partial charge in [0.25, 0.3) is 0 Å². The summed E-state index contributed by atoms with van der Waals surface area (Å²) in [5.74, 6) is -0.602. The second kappa shape index (κ2) is 12.7. The van der Waals surface area contributed by atoms with Gasteiger partial charge in [0.1, 0.15) is 12.6 Å². The van der Waals surface area contributed by atoms with Crippen LogP contribution in [0, 0.1) is 3.57 Å². The third kappa shape index (κ3) is 8.20. The molecule has 35 heavy (non-hydrogen) atoms. The van der Waals surface area contributed by atoms with E-state index >= 15 is 0 Å². The summed E-state index contributed by atoms with van der Waals surface area (Å²) >= 11 is 2.14. The average Bonchev–Trinajstić information content (AvgIpc) is 2.84. The zero-order valence-electron chi connectivity index (χ0n) is 20.3. The molecule has 2 aromatic rings. The highest BCUT2D eigenvalue weighted by molar-refractivity contribution is 14.1. The minimum Gasteiger partial charge on any atom is -0.352 e. The normalized spacial score (nSPS) is 15.3. The van der Waals surface area contributed by atoms with Gasteiger partial charge >= 0.3 is 0 Å². The van der Waals surface area contributed by atoms with Crippen LogP contribution in [0.4, 0.5) is 5.69 Å². The number of nitrogens with zero attached hydrogens (tertiary/aromatic N) is 2. The number of carbonyl (C=O) groups is 2. The highest BCUT2D eigenvalue weighted by Gasteiger charge is 2.30. The standard InChI is InChI=1S/C26H34IN3O4S/c1-20(26(32)28-23-11-7-4-8-12-23)29(18-17-21-9-5-3-6-10-21)25(31)19-30(35(2,33)34)24-15-13-22(27)14-16-24/h3,5-6,9-10,13-16,20,23H,4,7-8,11-12,17-19H2,1-2H3,(H,28,32)/t20-/m0/s1. The molecule has 9 heteroatoms. The van der Waals surface area contributed by atoms with Gasteiger partial charge in [-0.15, -0.1) is 0 Å². The molecule has 0 aliphatic heterocycles. The van der Waals surface area contributed by atoms with E-state index in [-0.39, 0.29) is 18.5 Å². The summed E-state index contributed by atoms with van der Waals surface area (Å²) in [5.41, 5.74) is 1.46. The van der Waals surface area contributed by atoms with Crippen molar-refractivity contribution < 1.29 is 18.0 Å². The quantitative estimate of drug-likeness (QED) is 0.413. The molecule has 0 aromatic heterocycles. The Morgan fingerprint density at radius 1 is 1.03 bits per heavy atom. The van der Waals surface area contributed by atoms with E-state index in [1.807, 2.05) is 30.3 Å². The van der Waals surface area contributed by atoms with E-state index in [1.165, 1.54) is 11.3 Å². The Morgan fingerprint density at radius 3 is 2.26 bits per heavy atom. The summed E-state index contributed by atoms with van der Waals surface area (Å²) in [6.45, 7) is 1.67. The third-order valence-corrected chi connectivity index (χ3v) is 8.26. The topological polar surface area (TPSA) is 86.8 Å². The van der Waals surface area contributed by atoms with E-state index in [2.05, 4.69) is 27.9 Å². The average molecular weight is 612 g/mol. The molecule has 1 aliphatic rings. The molecular weight excluding hydrogens is 577 g/mol. The molecule has 1 aliphatic carbocycles. The first-order chi connectivity index (χ1) is 16.6. The molecule has 1 saturated carbocycles. The Labute approximate surface area is 222 Å². The summed E-state index contributed by atoms with van der Waals surface area (Å²) in [7, 11) is -3.71. The minimum absolute atomic E-state index is 0.129. The van der Waals surface area contributed by atoms with Crippen molar-refractivity contribution in [2.45, 2.75) is 57.5 Å². The predicted molar refractivity (Wildman–Crippen MR) is 148 cm³/mol. The fourth-order valence-corrected chi connectivity index (χ4v) is 5.57. The van der Waals surface area contributed by atoms with E-state index in [0.29, 0.717) is 18.7 Å². The number of halogens is 1. The van der Waals surface area contributed by atoms with E-state index < -0.39 is 22.0 Å². The molecule has 1 atom stereocenters. The van der Waals surface area contributed by atoms with Gasteiger partial charge in [-0.1, -0.05) is 49.6 Å². The van der Waals surface area contributed by atoms with Crippen LogP contribution in [-0.2, 0) is 26.0 Å². The van der Waals surface area contributed by atoms with Crippen molar-refractivity contribution in [1.82, 2.24) is 10.2 Å². The maximum absolute atomic E-state index is 13.5. The van der Waals surface area contributed by atoms with Gasteiger partial charge in [-0.3, -0.25) is 13.9 Å². The number of rotatable bonds is 10. The fourth-order valence-electron chi connectivity index (χ4n) is 4.36. The first-order valence-corrected chi connectivity index (χ1v) is 14.9. The van der Waals surface area contributed by atoms with Gasteiger partial charge < -0.3 is 10.2 Å². The van der Waals surface area contributed by atoms with E-state index in [4.69, 9.17) is 0 Å². The van der Waals surface area contributed by atoms with Crippen molar-refractivity contribution in [3.8, 4) is 0 Å². The Hall–Kier alpha value is -2.14. The molecule has 1 N–H and O–H groups in total. The summed E-state index contributed by atoms with van der Waals surface area (Å²) in [6.07, 6.45) is 6.92. The molecule has 0 radical (unpaired) electrons. The number of sulfonamides is 1. The van der Waals surface area contributed by atoms with E-state index in [0.717, 1.165) is 45.4 Å². The van der Waals surface area contributed by atoms with Crippen molar-refractivity contribution in [1.29, 1.82) is 0 Å². The highest BCUT2D eigenvalue weighted by atomic mass is 127. The van der Waals surface area contributed by atoms with Crippen LogP contribution in [0.3, 0.4) is 0 Å². The summed E-state index contributed by atoms with van der Waals surface area (Å²) in [6, 6.07) is 16.1. The molecule has 1 fully saturated rings. The lowest BCUT2D eigenvalue weighted by Crippen LogP contribution is -2.53. The summed E-state index contributed by atoms with van der Waals surface area (Å²) < 4.78 is 27.3. The van der Waals surface area contributed by atoms with Gasteiger partial charge in [0.05, 0.1) is 11.9 Å². The number of benzene rings is 2. The Bertz CT molecular complexity index is 1090. The molecule has 3 rings (SSSR count). The molecule has 0 unspecified atom stereocenters. The number of anilines is 1. The summed E-state index contributed by atoms with van der Waals surface area (Å²) in [5, 5.41) is 3.11. The smallest absolute Gasteiger partial charge is 0.244 e. The second-order valence-corrected chi connectivity index (χ2v) is 12.2. The lowest BCUT2D eigenvalue weighted by Gasteiger charge is -2.33. The van der Waals surface area contributed by atoms with Crippen LogP contribution in [0.1, 0.15) is 44.6 Å². The maximum Gasteiger partial charge on any atom is 0.244 e. The van der Waals surface area contributed by atoms with Gasteiger partial charge in [0.2, 0.25) is 21.8 Å². The number of amides is 2. The molecule has 190 valence electrons. The number of hydrogen-bond acceptors (Lipinski definition) is 4. The van der Waals surface area contributed by atoms with Gasteiger partial charge in [-0.05, 0) is 78.6 Å². The molecule has 0 saturated heterocycles. The monoisotopic (exact) mass is 611 g/mol. The molecule has 0 spiro atoms.